The van der Waals surface area contributed by atoms with Crippen molar-refractivity contribution in [3.05, 3.63) is 24.0 Å². The van der Waals surface area contributed by atoms with Crippen LogP contribution in [0.1, 0.15) is 44.9 Å². The van der Waals surface area contributed by atoms with Crippen molar-refractivity contribution in [3.63, 3.8) is 0 Å². The summed E-state index contributed by atoms with van der Waals surface area (Å²) in [4.78, 5) is 28.2. The maximum Gasteiger partial charge on any atom is 0.414 e. The van der Waals surface area contributed by atoms with Gasteiger partial charge in [0.1, 0.15) is 17.7 Å². The molecular formula is C22H27FN2O3S. The molecule has 7 heteroatoms. The lowest BCUT2D eigenvalue weighted by Crippen LogP contribution is -2.43. The molecule has 3 atom stereocenters. The molecule has 2 unspecified atom stereocenters. The Morgan fingerprint density at radius 3 is 2.59 bits per heavy atom. The predicted molar refractivity (Wildman–Crippen MR) is 112 cm³/mol. The van der Waals surface area contributed by atoms with Crippen LogP contribution in [0.5, 0.6) is 0 Å². The lowest BCUT2D eigenvalue weighted by Gasteiger charge is -2.36. The van der Waals surface area contributed by atoms with Crippen molar-refractivity contribution in [1.82, 2.24) is 0 Å². The molecule has 0 spiro atoms. The van der Waals surface area contributed by atoms with Crippen molar-refractivity contribution in [3.8, 4) is 0 Å². The highest BCUT2D eigenvalue weighted by Gasteiger charge is 2.39. The Morgan fingerprint density at radius 2 is 1.93 bits per heavy atom. The number of nitrogens with zero attached hydrogens (tertiary/aromatic N) is 2. The van der Waals surface area contributed by atoms with Gasteiger partial charge in [-0.3, -0.25) is 9.69 Å². The fraction of sp³-hybridized carbons (Fsp3) is 0.636. The fourth-order valence-corrected chi connectivity index (χ4v) is 6.35. The molecule has 1 aromatic rings. The molecule has 1 saturated carbocycles. The quantitative estimate of drug-likeness (QED) is 0.686. The van der Waals surface area contributed by atoms with E-state index < -0.39 is 6.09 Å². The zero-order chi connectivity index (χ0) is 20.0. The largest absolute Gasteiger partial charge is 0.444 e. The topological polar surface area (TPSA) is 49.9 Å². The summed E-state index contributed by atoms with van der Waals surface area (Å²) >= 11 is 1.96. The van der Waals surface area contributed by atoms with E-state index in [0.717, 1.165) is 43.6 Å². The van der Waals surface area contributed by atoms with Gasteiger partial charge in [0.15, 0.2) is 0 Å². The second-order valence-electron chi connectivity index (χ2n) is 8.71. The number of Topliss-reactive ketones (excluding diaryl/α,β-unsaturated/α-hetero) is 1. The number of carbonyl (C=O) groups is 2. The molecule has 5 nitrogen and oxygen atoms in total. The number of hydrogen-bond donors (Lipinski definition) is 0. The highest BCUT2D eigenvalue weighted by atomic mass is 32.2. The van der Waals surface area contributed by atoms with Gasteiger partial charge in [-0.25, -0.2) is 9.18 Å². The first-order valence-electron chi connectivity index (χ1n) is 10.8. The number of carbonyl (C=O) groups excluding carboxylic acids is 2. The molecule has 1 aliphatic carbocycles. The Morgan fingerprint density at radius 1 is 1.17 bits per heavy atom. The van der Waals surface area contributed by atoms with E-state index in [1.165, 1.54) is 11.0 Å². The Kier molecular flexibility index (Phi) is 5.18. The number of hydrogen-bond acceptors (Lipinski definition) is 5. The van der Waals surface area contributed by atoms with Crippen LogP contribution in [0.3, 0.4) is 0 Å². The SMILES string of the molecule is O=C(CC[C@H]1CN(c2ccc(N3C4CCC3CSC4)c(F)c2)C(=O)O1)C1CCC1. The third kappa shape index (κ3) is 3.62. The molecule has 0 radical (unpaired) electrons. The van der Waals surface area contributed by atoms with Gasteiger partial charge < -0.3 is 9.64 Å². The molecule has 5 rings (SSSR count). The summed E-state index contributed by atoms with van der Waals surface area (Å²) in [5, 5.41) is 0. The molecule has 1 aromatic carbocycles. The number of fused-ring (bicyclic) bond motifs is 2. The summed E-state index contributed by atoms with van der Waals surface area (Å²) in [6.45, 7) is 0.376. The van der Waals surface area contributed by atoms with E-state index in [0.29, 0.717) is 42.8 Å². The van der Waals surface area contributed by atoms with E-state index in [1.807, 2.05) is 23.9 Å². The number of cyclic esters (lactones) is 1. The summed E-state index contributed by atoms with van der Waals surface area (Å²) in [5.41, 5.74) is 1.18. The van der Waals surface area contributed by atoms with Gasteiger partial charge in [0.25, 0.3) is 0 Å². The zero-order valence-electron chi connectivity index (χ0n) is 16.5. The van der Waals surface area contributed by atoms with Crippen LogP contribution in [0.4, 0.5) is 20.6 Å². The predicted octanol–water partition coefficient (Wildman–Crippen LogP) is 4.38. The molecule has 0 N–H and O–H groups in total. The molecule has 4 aliphatic rings. The summed E-state index contributed by atoms with van der Waals surface area (Å²) in [6, 6.07) is 5.91. The van der Waals surface area contributed by atoms with Crippen LogP contribution in [-0.2, 0) is 9.53 Å². The minimum absolute atomic E-state index is 0.216. The van der Waals surface area contributed by atoms with Gasteiger partial charge >= 0.3 is 6.09 Å². The number of anilines is 2. The van der Waals surface area contributed by atoms with Crippen LogP contribution < -0.4 is 9.80 Å². The van der Waals surface area contributed by atoms with E-state index in [1.54, 1.807) is 0 Å². The molecule has 2 bridgehead atoms. The number of ether oxygens (including phenoxy) is 1. The summed E-state index contributed by atoms with van der Waals surface area (Å²) < 4.78 is 20.4. The summed E-state index contributed by atoms with van der Waals surface area (Å²) in [5.74, 6) is 2.33. The third-order valence-electron chi connectivity index (χ3n) is 6.91. The Hall–Kier alpha value is -1.76. The molecule has 29 heavy (non-hydrogen) atoms. The molecule has 3 saturated heterocycles. The van der Waals surface area contributed by atoms with Crippen molar-refractivity contribution in [1.29, 1.82) is 0 Å². The highest BCUT2D eigenvalue weighted by molar-refractivity contribution is 7.99. The minimum atomic E-state index is -0.451. The van der Waals surface area contributed by atoms with Gasteiger partial charge in [-0.2, -0.15) is 11.8 Å². The fourth-order valence-electron chi connectivity index (χ4n) is 5.02. The number of halogens is 1. The van der Waals surface area contributed by atoms with Gasteiger partial charge in [0, 0.05) is 35.9 Å². The van der Waals surface area contributed by atoms with Crippen LogP contribution >= 0.6 is 11.8 Å². The lowest BCUT2D eigenvalue weighted by molar-refractivity contribution is -0.125. The standard InChI is InChI=1S/C22H27FN2O3S/c23-19-10-15(6-8-20(19)25-16-4-5-17(25)13-29-12-16)24-11-18(28-22(24)27)7-9-21(26)14-2-1-3-14/h6,8,10,14,16-18H,1-5,7,9,11-13H2/t16?,17?,18-/m0/s1. The van der Waals surface area contributed by atoms with Gasteiger partial charge in [-0.05, 0) is 50.3 Å². The van der Waals surface area contributed by atoms with Crippen LogP contribution in [0.2, 0.25) is 0 Å². The molecule has 3 heterocycles. The molecule has 156 valence electrons. The van der Waals surface area contributed by atoms with Crippen LogP contribution in [0.15, 0.2) is 18.2 Å². The smallest absolute Gasteiger partial charge is 0.414 e. The first-order valence-corrected chi connectivity index (χ1v) is 11.9. The van der Waals surface area contributed by atoms with Gasteiger partial charge in [-0.1, -0.05) is 6.42 Å². The van der Waals surface area contributed by atoms with Crippen molar-refractivity contribution in [2.45, 2.75) is 63.1 Å². The zero-order valence-corrected chi connectivity index (χ0v) is 17.3. The second-order valence-corrected chi connectivity index (χ2v) is 9.79. The van der Waals surface area contributed by atoms with Crippen LogP contribution in [0.25, 0.3) is 0 Å². The van der Waals surface area contributed by atoms with Gasteiger partial charge in [0.2, 0.25) is 0 Å². The van der Waals surface area contributed by atoms with Crippen molar-refractivity contribution < 1.29 is 18.7 Å². The van der Waals surface area contributed by atoms with Crippen LogP contribution in [0, 0.1) is 11.7 Å². The first kappa shape index (κ1) is 19.2. The number of benzene rings is 1. The number of rotatable bonds is 6. The van der Waals surface area contributed by atoms with Crippen LogP contribution in [-0.4, -0.2) is 48.1 Å². The molecule has 4 fully saturated rings. The van der Waals surface area contributed by atoms with Crippen molar-refractivity contribution in [2.75, 3.05) is 27.9 Å². The summed E-state index contributed by atoms with van der Waals surface area (Å²) in [6.07, 6.45) is 5.64. The molecule has 1 amide bonds. The van der Waals surface area contributed by atoms with E-state index in [4.69, 9.17) is 4.74 Å². The van der Waals surface area contributed by atoms with E-state index in [-0.39, 0.29) is 23.6 Å². The molecule has 3 aliphatic heterocycles. The number of ketones is 1. The highest BCUT2D eigenvalue weighted by Crippen LogP contribution is 2.40. The normalized spacial score (nSPS) is 29.1. The van der Waals surface area contributed by atoms with E-state index in [2.05, 4.69) is 4.90 Å². The Balaban J connectivity index is 1.24. The maximum absolute atomic E-state index is 15.0. The maximum atomic E-state index is 15.0. The molecular weight excluding hydrogens is 391 g/mol. The average Bonchev–Trinajstić information content (AvgIpc) is 3.14. The molecule has 0 aromatic heterocycles. The first-order chi connectivity index (χ1) is 14.1. The Bertz CT molecular complexity index is 799. The van der Waals surface area contributed by atoms with E-state index >= 15 is 4.39 Å². The van der Waals surface area contributed by atoms with Gasteiger partial charge in [-0.15, -0.1) is 0 Å². The average molecular weight is 419 g/mol. The minimum Gasteiger partial charge on any atom is -0.444 e. The monoisotopic (exact) mass is 418 g/mol. The Labute approximate surface area is 174 Å². The summed E-state index contributed by atoms with van der Waals surface area (Å²) in [7, 11) is 0. The third-order valence-corrected chi connectivity index (χ3v) is 8.15. The van der Waals surface area contributed by atoms with Crippen molar-refractivity contribution in [2.24, 2.45) is 5.92 Å². The van der Waals surface area contributed by atoms with Gasteiger partial charge in [0.05, 0.1) is 17.9 Å². The van der Waals surface area contributed by atoms with Crippen molar-refractivity contribution >= 4 is 35.0 Å². The number of amides is 1. The number of thioether (sulfide) groups is 1. The lowest BCUT2D eigenvalue weighted by atomic mass is 9.80. The second kappa shape index (κ2) is 7.82. The van der Waals surface area contributed by atoms with E-state index in [9.17, 15) is 9.59 Å².